The van der Waals surface area contributed by atoms with Crippen LogP contribution in [0.2, 0.25) is 0 Å². The van der Waals surface area contributed by atoms with Crippen LogP contribution in [-0.2, 0) is 10.0 Å². The molecule has 5 heteroatoms. The molecule has 0 heterocycles. The lowest BCUT2D eigenvalue weighted by atomic mass is 10.1. The summed E-state index contributed by atoms with van der Waals surface area (Å²) in [6.07, 6.45) is 1.58. The predicted octanol–water partition coefficient (Wildman–Crippen LogP) is 4.08. The van der Waals surface area contributed by atoms with Crippen LogP contribution in [0.5, 0.6) is 5.75 Å². The van der Waals surface area contributed by atoms with Crippen molar-refractivity contribution in [1.82, 2.24) is 0 Å². The second-order valence-electron chi connectivity index (χ2n) is 5.50. The molecule has 0 amide bonds. The Kier molecular flexibility index (Phi) is 5.67. The van der Waals surface area contributed by atoms with E-state index in [1.165, 1.54) is 4.31 Å². The molecule has 2 aromatic carbocycles. The van der Waals surface area contributed by atoms with Crippen LogP contribution in [0.1, 0.15) is 18.1 Å². The van der Waals surface area contributed by atoms with Gasteiger partial charge in [0.2, 0.25) is 0 Å². The zero-order valence-corrected chi connectivity index (χ0v) is 15.1. The number of nitrogens with zero attached hydrogens (tertiary/aromatic N) is 1. The highest BCUT2D eigenvalue weighted by Gasteiger charge is 2.24. The van der Waals surface area contributed by atoms with Crippen molar-refractivity contribution < 1.29 is 13.2 Å². The first-order chi connectivity index (χ1) is 11.4. The molecule has 0 atom stereocenters. The van der Waals surface area contributed by atoms with Crippen molar-refractivity contribution in [1.29, 1.82) is 0 Å². The Hall–Kier alpha value is -2.27. The largest absolute Gasteiger partial charge is 0.494 e. The van der Waals surface area contributed by atoms with Gasteiger partial charge in [-0.3, -0.25) is 4.31 Å². The molecule has 0 bridgehead atoms. The Morgan fingerprint density at radius 3 is 2.29 bits per heavy atom. The second-order valence-corrected chi connectivity index (χ2v) is 7.36. The van der Waals surface area contributed by atoms with Gasteiger partial charge in [0.1, 0.15) is 5.75 Å². The fraction of sp³-hybridized carbons (Fsp3) is 0.263. The molecule has 0 fully saturated rings. The van der Waals surface area contributed by atoms with Crippen LogP contribution in [0.25, 0.3) is 0 Å². The van der Waals surface area contributed by atoms with Crippen LogP contribution in [0.4, 0.5) is 5.69 Å². The molecule has 0 aromatic heterocycles. The van der Waals surface area contributed by atoms with Crippen LogP contribution in [0.3, 0.4) is 0 Å². The molecule has 0 aliphatic rings. The smallest absolute Gasteiger partial charge is 0.264 e. The van der Waals surface area contributed by atoms with E-state index in [1.54, 1.807) is 30.3 Å². The highest BCUT2D eigenvalue weighted by Crippen LogP contribution is 2.26. The standard InChI is InChI=1S/C19H23NO3S/c1-5-13-20(17-8-7-15(3)16(4)14-17)24(21,22)19-11-9-18(10-12-19)23-6-2/h5,7-12,14H,1,6,13H2,2-4H3. The molecule has 128 valence electrons. The van der Waals surface area contributed by atoms with Gasteiger partial charge < -0.3 is 4.74 Å². The summed E-state index contributed by atoms with van der Waals surface area (Å²) in [5, 5.41) is 0. The van der Waals surface area contributed by atoms with Gasteiger partial charge in [0.15, 0.2) is 0 Å². The number of hydrogen-bond donors (Lipinski definition) is 0. The minimum absolute atomic E-state index is 0.206. The topological polar surface area (TPSA) is 46.6 Å². The van der Waals surface area contributed by atoms with Gasteiger partial charge in [-0.05, 0) is 68.3 Å². The van der Waals surface area contributed by atoms with Gasteiger partial charge in [-0.25, -0.2) is 8.42 Å². The van der Waals surface area contributed by atoms with E-state index in [0.717, 1.165) is 11.1 Å². The molecule has 0 spiro atoms. The van der Waals surface area contributed by atoms with Gasteiger partial charge in [-0.15, -0.1) is 6.58 Å². The summed E-state index contributed by atoms with van der Waals surface area (Å²) < 4.78 is 32.8. The molecule has 0 aliphatic heterocycles. The minimum Gasteiger partial charge on any atom is -0.494 e. The molecule has 0 saturated heterocycles. The quantitative estimate of drug-likeness (QED) is 0.710. The van der Waals surface area contributed by atoms with E-state index in [2.05, 4.69) is 6.58 Å². The van der Waals surface area contributed by atoms with Crippen molar-refractivity contribution in [2.24, 2.45) is 0 Å². The summed E-state index contributed by atoms with van der Waals surface area (Å²) in [5.74, 6) is 0.651. The van der Waals surface area contributed by atoms with Crippen LogP contribution in [-0.4, -0.2) is 21.6 Å². The highest BCUT2D eigenvalue weighted by molar-refractivity contribution is 7.92. The van der Waals surface area contributed by atoms with Gasteiger partial charge in [0.25, 0.3) is 10.0 Å². The highest BCUT2D eigenvalue weighted by atomic mass is 32.2. The lowest BCUT2D eigenvalue weighted by Gasteiger charge is -2.24. The predicted molar refractivity (Wildman–Crippen MR) is 98.3 cm³/mol. The van der Waals surface area contributed by atoms with Crippen LogP contribution < -0.4 is 9.04 Å². The number of anilines is 1. The van der Waals surface area contributed by atoms with Crippen molar-refractivity contribution in [3.63, 3.8) is 0 Å². The van der Waals surface area contributed by atoms with Crippen LogP contribution >= 0.6 is 0 Å². The number of benzene rings is 2. The molecule has 24 heavy (non-hydrogen) atoms. The zero-order chi connectivity index (χ0) is 17.7. The summed E-state index contributed by atoms with van der Waals surface area (Å²) >= 11 is 0. The third kappa shape index (κ3) is 3.79. The van der Waals surface area contributed by atoms with Crippen molar-refractivity contribution in [3.8, 4) is 5.75 Å². The third-order valence-corrected chi connectivity index (χ3v) is 5.60. The number of hydrogen-bond acceptors (Lipinski definition) is 3. The van der Waals surface area contributed by atoms with Gasteiger partial charge in [-0.1, -0.05) is 12.1 Å². The molecule has 0 unspecified atom stereocenters. The Morgan fingerprint density at radius 1 is 1.08 bits per heavy atom. The van der Waals surface area contributed by atoms with Gasteiger partial charge in [-0.2, -0.15) is 0 Å². The number of sulfonamides is 1. The lowest BCUT2D eigenvalue weighted by molar-refractivity contribution is 0.340. The fourth-order valence-electron chi connectivity index (χ4n) is 2.34. The van der Waals surface area contributed by atoms with E-state index >= 15 is 0 Å². The van der Waals surface area contributed by atoms with Gasteiger partial charge in [0.05, 0.1) is 23.7 Å². The fourth-order valence-corrected chi connectivity index (χ4v) is 3.77. The summed E-state index contributed by atoms with van der Waals surface area (Å²) in [6.45, 7) is 10.3. The molecular formula is C19H23NO3S. The zero-order valence-electron chi connectivity index (χ0n) is 14.3. The molecule has 2 rings (SSSR count). The van der Waals surface area contributed by atoms with Crippen molar-refractivity contribution in [2.45, 2.75) is 25.7 Å². The van der Waals surface area contributed by atoms with E-state index in [1.807, 2.05) is 39.0 Å². The van der Waals surface area contributed by atoms with Crippen molar-refractivity contribution >= 4 is 15.7 Å². The lowest BCUT2D eigenvalue weighted by Crippen LogP contribution is -2.31. The van der Waals surface area contributed by atoms with Crippen LogP contribution in [0.15, 0.2) is 60.0 Å². The summed E-state index contributed by atoms with van der Waals surface area (Å²) in [6, 6.07) is 12.1. The Labute approximate surface area is 144 Å². The maximum atomic E-state index is 13.0. The third-order valence-electron chi connectivity index (χ3n) is 3.80. The molecule has 0 saturated carbocycles. The van der Waals surface area contributed by atoms with E-state index in [0.29, 0.717) is 18.0 Å². The first-order valence-electron chi connectivity index (χ1n) is 7.84. The Bertz CT molecular complexity index is 811. The second kappa shape index (κ2) is 7.53. The first kappa shape index (κ1) is 18.1. The van der Waals surface area contributed by atoms with Crippen LogP contribution in [0, 0.1) is 13.8 Å². The monoisotopic (exact) mass is 345 g/mol. The number of aryl methyl sites for hydroxylation is 2. The van der Waals surface area contributed by atoms with E-state index in [9.17, 15) is 8.42 Å². The summed E-state index contributed by atoms with van der Waals surface area (Å²) in [4.78, 5) is 0.228. The Balaban J connectivity index is 2.44. The molecule has 0 N–H and O–H groups in total. The Morgan fingerprint density at radius 2 is 1.75 bits per heavy atom. The minimum atomic E-state index is -3.67. The van der Waals surface area contributed by atoms with E-state index in [4.69, 9.17) is 4.74 Å². The van der Waals surface area contributed by atoms with Gasteiger partial charge in [0, 0.05) is 0 Å². The molecule has 0 radical (unpaired) electrons. The number of rotatable bonds is 7. The molecule has 0 aliphatic carbocycles. The molecule has 2 aromatic rings. The molecular weight excluding hydrogens is 322 g/mol. The number of ether oxygens (including phenoxy) is 1. The SMILES string of the molecule is C=CCN(c1ccc(C)c(C)c1)S(=O)(=O)c1ccc(OCC)cc1. The average molecular weight is 345 g/mol. The van der Waals surface area contributed by atoms with E-state index in [-0.39, 0.29) is 11.4 Å². The van der Waals surface area contributed by atoms with Crippen molar-refractivity contribution in [2.75, 3.05) is 17.5 Å². The maximum absolute atomic E-state index is 13.0. The summed E-state index contributed by atoms with van der Waals surface area (Å²) in [5.41, 5.74) is 2.80. The normalized spacial score (nSPS) is 11.1. The van der Waals surface area contributed by atoms with E-state index < -0.39 is 10.0 Å². The molecule has 4 nitrogen and oxygen atoms in total. The van der Waals surface area contributed by atoms with Gasteiger partial charge >= 0.3 is 0 Å². The summed E-state index contributed by atoms with van der Waals surface area (Å²) in [7, 11) is -3.67. The first-order valence-corrected chi connectivity index (χ1v) is 9.28. The van der Waals surface area contributed by atoms with Crippen molar-refractivity contribution in [3.05, 3.63) is 66.2 Å². The average Bonchev–Trinajstić information content (AvgIpc) is 2.56. The maximum Gasteiger partial charge on any atom is 0.264 e.